The van der Waals surface area contributed by atoms with Crippen LogP contribution in [0.15, 0.2) is 67.0 Å². The molecule has 0 saturated carbocycles. The van der Waals surface area contributed by atoms with Crippen LogP contribution < -0.4 is 26.2 Å². The summed E-state index contributed by atoms with van der Waals surface area (Å²) >= 11 is 0. The number of carbonyl (C=O) groups is 2. The summed E-state index contributed by atoms with van der Waals surface area (Å²) in [5.74, 6) is 3.21. The third-order valence-electron chi connectivity index (χ3n) is 11.3. The number of aromatic nitrogens is 1. The van der Waals surface area contributed by atoms with Gasteiger partial charge in [0, 0.05) is 72.9 Å². The molecule has 2 amide bonds. The zero-order chi connectivity index (χ0) is 47.6. The van der Waals surface area contributed by atoms with Crippen LogP contribution in [-0.2, 0) is 22.5 Å². The monoisotopic (exact) mass is 924 g/mol. The van der Waals surface area contributed by atoms with Crippen LogP contribution in [-0.4, -0.2) is 115 Å². The zero-order valence-electron chi connectivity index (χ0n) is 35.5. The molecule has 2 aliphatic rings. The van der Waals surface area contributed by atoms with E-state index in [0.717, 1.165) is 44.4 Å². The van der Waals surface area contributed by atoms with E-state index in [1.165, 1.54) is 0 Å². The summed E-state index contributed by atoms with van der Waals surface area (Å²) < 4.78 is 128. The Morgan fingerprint density at radius 1 is 0.969 bits per heavy atom. The SMILES string of the molecule is COC(=O)NC(C(=O)N[C@@H](Cc1ccc(C#Cc2ccc(N3CC4CCC(C3)N4CC(F)F)nc2)cc1)[C@@H](O)CNCc1c(F)cc(C(=N)/C=C\NC(F)F)cc1F)C(C)(C)C(F)(F)F. The average molecular weight is 925 g/mol. The summed E-state index contributed by atoms with van der Waals surface area (Å²) in [7, 11) is 0.897. The summed E-state index contributed by atoms with van der Waals surface area (Å²) in [6, 6.07) is 8.21. The van der Waals surface area contributed by atoms with Gasteiger partial charge in [-0.2, -0.15) is 22.0 Å². The topological polar surface area (TPSA) is 155 Å². The van der Waals surface area contributed by atoms with Crippen molar-refractivity contribution in [3.05, 3.63) is 106 Å². The van der Waals surface area contributed by atoms with Gasteiger partial charge >= 0.3 is 18.8 Å². The molecule has 0 spiro atoms. The molecular formula is C44H49F9N8O4. The summed E-state index contributed by atoms with van der Waals surface area (Å²) in [4.78, 5) is 34.2. The first-order chi connectivity index (χ1) is 30.7. The lowest BCUT2D eigenvalue weighted by Gasteiger charge is -2.41. The number of piperazine rings is 1. The highest BCUT2D eigenvalue weighted by atomic mass is 19.4. The predicted molar refractivity (Wildman–Crippen MR) is 222 cm³/mol. The second-order valence-corrected chi connectivity index (χ2v) is 16.2. The van der Waals surface area contributed by atoms with Gasteiger partial charge in [0.2, 0.25) is 5.91 Å². The zero-order valence-corrected chi connectivity index (χ0v) is 35.5. The average Bonchev–Trinajstić information content (AvgIpc) is 3.45. The number of halogens is 9. The number of alkyl carbamates (subject to hydrolysis) is 1. The number of carbonyl (C=O) groups excluding carboxylic acids is 2. The first-order valence-electron chi connectivity index (χ1n) is 20.4. The number of nitrogens with one attached hydrogen (secondary N) is 5. The van der Waals surface area contributed by atoms with Crippen LogP contribution in [0, 0.1) is 34.3 Å². The minimum Gasteiger partial charge on any atom is -0.453 e. The van der Waals surface area contributed by atoms with Crippen LogP contribution in [0.5, 0.6) is 0 Å². The Morgan fingerprint density at radius 3 is 2.14 bits per heavy atom. The molecule has 5 rings (SSSR count). The minimum absolute atomic E-state index is 0.0367. The van der Waals surface area contributed by atoms with Gasteiger partial charge in [0.25, 0.3) is 6.43 Å². The van der Waals surface area contributed by atoms with Crippen LogP contribution in [0.4, 0.5) is 50.1 Å². The van der Waals surface area contributed by atoms with E-state index in [-0.39, 0.29) is 30.6 Å². The van der Waals surface area contributed by atoms with E-state index in [1.54, 1.807) is 41.8 Å². The number of anilines is 1. The van der Waals surface area contributed by atoms with Gasteiger partial charge < -0.3 is 41.4 Å². The summed E-state index contributed by atoms with van der Waals surface area (Å²) in [6.07, 6.45) is -5.58. The van der Waals surface area contributed by atoms with Gasteiger partial charge in [-0.25, -0.2) is 27.3 Å². The lowest BCUT2D eigenvalue weighted by molar-refractivity contribution is -0.220. The minimum atomic E-state index is -5.00. The van der Waals surface area contributed by atoms with Gasteiger partial charge in [0.15, 0.2) is 0 Å². The Morgan fingerprint density at radius 2 is 1.58 bits per heavy atom. The van der Waals surface area contributed by atoms with Gasteiger partial charge in [-0.15, -0.1) is 0 Å². The highest BCUT2D eigenvalue weighted by Crippen LogP contribution is 2.40. The Hall–Kier alpha value is -5.85. The Kier molecular flexibility index (Phi) is 16.9. The molecular weight excluding hydrogens is 876 g/mol. The number of fused-ring (bicyclic) bond motifs is 2. The second-order valence-electron chi connectivity index (χ2n) is 16.2. The first-order valence-corrected chi connectivity index (χ1v) is 20.4. The number of allylic oxidation sites excluding steroid dienone is 1. The number of hydrogen-bond donors (Lipinski definition) is 6. The molecule has 3 unspecified atom stereocenters. The van der Waals surface area contributed by atoms with Crippen LogP contribution in [0.1, 0.15) is 54.5 Å². The number of aliphatic hydroxyl groups excluding tert-OH is 1. The molecule has 3 heterocycles. The van der Waals surface area contributed by atoms with E-state index in [4.69, 9.17) is 5.41 Å². The van der Waals surface area contributed by atoms with E-state index in [1.807, 2.05) is 16.3 Å². The molecule has 3 aromatic rings. The fourth-order valence-corrected chi connectivity index (χ4v) is 7.58. The fourth-order valence-electron chi connectivity index (χ4n) is 7.58. The predicted octanol–water partition coefficient (Wildman–Crippen LogP) is 5.86. The third-order valence-corrected chi connectivity index (χ3v) is 11.3. The molecule has 1 aromatic heterocycles. The molecule has 0 radical (unpaired) electrons. The third kappa shape index (κ3) is 13.4. The van der Waals surface area contributed by atoms with E-state index in [0.29, 0.717) is 49.4 Å². The molecule has 352 valence electrons. The number of pyridine rings is 1. The number of aliphatic hydroxyl groups is 1. The molecule has 2 saturated heterocycles. The smallest absolute Gasteiger partial charge is 0.407 e. The van der Waals surface area contributed by atoms with Gasteiger partial charge in [-0.3, -0.25) is 9.69 Å². The van der Waals surface area contributed by atoms with Crippen molar-refractivity contribution >= 4 is 23.5 Å². The van der Waals surface area contributed by atoms with Gasteiger partial charge in [-0.1, -0.05) is 24.0 Å². The maximum absolute atomic E-state index is 15.0. The molecule has 5 atom stereocenters. The second kappa shape index (κ2) is 21.9. The molecule has 65 heavy (non-hydrogen) atoms. The fraction of sp³-hybridized carbons (Fsp3) is 0.455. The normalized spacial score (nSPS) is 18.0. The quantitative estimate of drug-likeness (QED) is 0.0399. The molecule has 0 aliphatic carbocycles. The van der Waals surface area contributed by atoms with Gasteiger partial charge in [-0.05, 0) is 81.1 Å². The van der Waals surface area contributed by atoms with Crippen molar-refractivity contribution in [1.82, 2.24) is 31.2 Å². The van der Waals surface area contributed by atoms with Crippen molar-refractivity contribution in [3.8, 4) is 11.8 Å². The standard InChI is InChI=1S/C44H49F9N8O4/c1-43(2,44(51,52)53)39(59-42(64)65-3)40(63)58-35(36(62)21-55-20-31-32(45)17-28(18-33(31)46)34(54)14-15-56-41(49)50)16-26-7-4-25(5-8-26)6-9-27-10-13-38(57-19-27)60-22-29-11-12-30(23-60)61(29)24-37(47)48/h4-5,7-8,10,13-15,17-19,29-30,35-37,39,41,54-56,62H,11-12,16,20-24H2,1-3H3,(H,58,63)(H,59,64)/b15-14-,54-34?/t29?,30?,35-,36-,39?/m0/s1. The first kappa shape index (κ1) is 50.2. The van der Waals surface area contributed by atoms with Crippen molar-refractivity contribution in [3.63, 3.8) is 0 Å². The highest BCUT2D eigenvalue weighted by molar-refractivity contribution is 6.06. The molecule has 2 aromatic carbocycles. The maximum Gasteiger partial charge on any atom is 0.407 e. The number of ether oxygens (including phenoxy) is 1. The molecule has 2 aliphatic heterocycles. The summed E-state index contributed by atoms with van der Waals surface area (Å²) in [5, 5.41) is 27.8. The molecule has 2 bridgehead atoms. The van der Waals surface area contributed by atoms with Crippen molar-refractivity contribution in [2.24, 2.45) is 5.41 Å². The van der Waals surface area contributed by atoms with Crippen molar-refractivity contribution in [2.45, 2.75) is 89.1 Å². The largest absolute Gasteiger partial charge is 0.453 e. The molecule has 6 N–H and O–H groups in total. The molecule has 12 nitrogen and oxygen atoms in total. The number of benzene rings is 2. The van der Waals surface area contributed by atoms with E-state index in [9.17, 15) is 45.4 Å². The van der Waals surface area contributed by atoms with E-state index >= 15 is 8.78 Å². The number of nitrogens with zero attached hydrogens (tertiary/aromatic N) is 3. The van der Waals surface area contributed by atoms with Crippen LogP contribution in [0.25, 0.3) is 0 Å². The Bertz CT molecular complexity index is 2180. The Labute approximate surface area is 369 Å². The van der Waals surface area contributed by atoms with Crippen molar-refractivity contribution < 1.29 is 58.9 Å². The highest BCUT2D eigenvalue weighted by Gasteiger charge is 2.56. The van der Waals surface area contributed by atoms with Crippen molar-refractivity contribution in [1.29, 1.82) is 5.41 Å². The number of methoxy groups -OCH3 is 1. The van der Waals surface area contributed by atoms with Crippen LogP contribution in [0.2, 0.25) is 0 Å². The number of alkyl halides is 7. The maximum atomic E-state index is 15.0. The molecule has 2 fully saturated rings. The lowest BCUT2D eigenvalue weighted by Crippen LogP contribution is -2.62. The number of rotatable bonds is 18. The van der Waals surface area contributed by atoms with Crippen LogP contribution in [0.3, 0.4) is 0 Å². The van der Waals surface area contributed by atoms with E-state index in [2.05, 4.69) is 37.1 Å². The summed E-state index contributed by atoms with van der Waals surface area (Å²) in [6.45, 7) is -1.57. The van der Waals surface area contributed by atoms with Gasteiger partial charge in [0.1, 0.15) is 23.5 Å². The lowest BCUT2D eigenvalue weighted by atomic mass is 9.82. The van der Waals surface area contributed by atoms with E-state index < -0.39 is 90.8 Å². The number of hydrogen-bond acceptors (Lipinski definition) is 10. The van der Waals surface area contributed by atoms with Crippen LogP contribution >= 0.6 is 0 Å². The summed E-state index contributed by atoms with van der Waals surface area (Å²) in [5.41, 5.74) is -2.47. The van der Waals surface area contributed by atoms with Crippen molar-refractivity contribution in [2.75, 3.05) is 38.2 Å². The Balaban J connectivity index is 1.28. The van der Waals surface area contributed by atoms with Gasteiger partial charge in [0.05, 0.1) is 36.9 Å². The number of amides is 2. The molecule has 21 heteroatoms.